The molecule has 17 heavy (non-hydrogen) atoms. The van der Waals surface area contributed by atoms with Crippen molar-refractivity contribution in [1.82, 2.24) is 4.98 Å². The van der Waals surface area contributed by atoms with Crippen molar-refractivity contribution in [2.24, 2.45) is 5.73 Å². The maximum absolute atomic E-state index is 6.01. The summed E-state index contributed by atoms with van der Waals surface area (Å²) in [4.78, 5) is 4.34. The lowest BCUT2D eigenvalue weighted by Crippen LogP contribution is -2.33. The molecule has 2 N–H and O–H groups in total. The van der Waals surface area contributed by atoms with E-state index < -0.39 is 0 Å². The van der Waals surface area contributed by atoms with Crippen LogP contribution in [0.15, 0.2) is 23.7 Å². The Labute approximate surface area is 105 Å². The number of hydrogen-bond acceptors (Lipinski definition) is 4. The van der Waals surface area contributed by atoms with Gasteiger partial charge in [-0.25, -0.2) is 4.98 Å². The molecular formula is C13H16N2OS. The molecule has 1 fully saturated rings. The number of nitrogens with two attached hydrogens (primary N) is 1. The average molecular weight is 248 g/mol. The van der Waals surface area contributed by atoms with E-state index in [2.05, 4.69) is 16.4 Å². The van der Waals surface area contributed by atoms with E-state index in [1.54, 1.807) is 11.3 Å². The fourth-order valence-corrected chi connectivity index (χ4v) is 3.18. The van der Waals surface area contributed by atoms with Gasteiger partial charge in [-0.05, 0) is 43.2 Å². The predicted molar refractivity (Wildman–Crippen MR) is 70.5 cm³/mol. The molecule has 2 aromatic heterocycles. The molecule has 0 spiro atoms. The van der Waals surface area contributed by atoms with Gasteiger partial charge < -0.3 is 10.5 Å². The zero-order valence-corrected chi connectivity index (χ0v) is 10.5. The smallest absolute Gasteiger partial charge is 0.222 e. The molecule has 2 heterocycles. The molecule has 1 saturated carbocycles. The molecule has 0 aromatic carbocycles. The molecule has 0 saturated heterocycles. The largest absolute Gasteiger partial charge is 0.474 e. The highest BCUT2D eigenvalue weighted by Crippen LogP contribution is 2.30. The summed E-state index contributed by atoms with van der Waals surface area (Å²) in [5.41, 5.74) is 5.97. The molecule has 2 unspecified atom stereocenters. The molecule has 90 valence electrons. The van der Waals surface area contributed by atoms with Gasteiger partial charge in [-0.2, -0.15) is 0 Å². The zero-order chi connectivity index (χ0) is 11.7. The van der Waals surface area contributed by atoms with Gasteiger partial charge in [0.1, 0.15) is 6.10 Å². The maximum Gasteiger partial charge on any atom is 0.222 e. The van der Waals surface area contributed by atoms with Crippen LogP contribution in [-0.2, 0) is 0 Å². The summed E-state index contributed by atoms with van der Waals surface area (Å²) < 4.78 is 7.24. The molecule has 0 bridgehead atoms. The standard InChI is InChI=1S/C13H16N2OS/c14-9-2-1-3-10(8-9)16-13-11-5-7-17-12(11)4-6-15-13/h4-7,9-10H,1-3,8,14H2. The Morgan fingerprint density at radius 1 is 1.35 bits per heavy atom. The van der Waals surface area contributed by atoms with Gasteiger partial charge >= 0.3 is 0 Å². The van der Waals surface area contributed by atoms with Crippen molar-refractivity contribution in [2.75, 3.05) is 0 Å². The minimum Gasteiger partial charge on any atom is -0.474 e. The summed E-state index contributed by atoms with van der Waals surface area (Å²) in [7, 11) is 0. The Hall–Kier alpha value is -1.13. The van der Waals surface area contributed by atoms with Crippen molar-refractivity contribution in [3.63, 3.8) is 0 Å². The number of nitrogens with zero attached hydrogens (tertiary/aromatic N) is 1. The molecule has 1 aliphatic carbocycles. The number of hydrogen-bond donors (Lipinski definition) is 1. The monoisotopic (exact) mass is 248 g/mol. The van der Waals surface area contributed by atoms with E-state index in [1.165, 1.54) is 4.70 Å². The van der Waals surface area contributed by atoms with E-state index in [0.29, 0.717) is 0 Å². The fraction of sp³-hybridized carbons (Fsp3) is 0.462. The summed E-state index contributed by atoms with van der Waals surface area (Å²) in [6.45, 7) is 0. The van der Waals surface area contributed by atoms with E-state index in [4.69, 9.17) is 10.5 Å². The zero-order valence-electron chi connectivity index (χ0n) is 9.63. The van der Waals surface area contributed by atoms with Crippen LogP contribution in [0.5, 0.6) is 5.88 Å². The first-order valence-electron chi connectivity index (χ1n) is 6.07. The van der Waals surface area contributed by atoms with Gasteiger partial charge in [-0.3, -0.25) is 0 Å². The van der Waals surface area contributed by atoms with Crippen LogP contribution in [0.25, 0.3) is 10.1 Å². The second-order valence-corrected chi connectivity index (χ2v) is 5.56. The van der Waals surface area contributed by atoms with Gasteiger partial charge in [-0.15, -0.1) is 11.3 Å². The molecule has 1 aliphatic rings. The molecule has 3 rings (SSSR count). The summed E-state index contributed by atoms with van der Waals surface area (Å²) in [6.07, 6.45) is 6.37. The van der Waals surface area contributed by atoms with Gasteiger partial charge in [0.25, 0.3) is 0 Å². The minimum absolute atomic E-state index is 0.233. The molecule has 4 heteroatoms. The van der Waals surface area contributed by atoms with Crippen molar-refractivity contribution < 1.29 is 4.74 Å². The maximum atomic E-state index is 6.01. The van der Waals surface area contributed by atoms with Crippen LogP contribution in [0.1, 0.15) is 25.7 Å². The van der Waals surface area contributed by atoms with E-state index >= 15 is 0 Å². The van der Waals surface area contributed by atoms with E-state index in [0.717, 1.165) is 36.9 Å². The van der Waals surface area contributed by atoms with Crippen LogP contribution in [0.2, 0.25) is 0 Å². The van der Waals surface area contributed by atoms with Crippen LogP contribution in [0.4, 0.5) is 0 Å². The van der Waals surface area contributed by atoms with Gasteiger partial charge in [0.05, 0.1) is 5.39 Å². The third-order valence-corrected chi connectivity index (χ3v) is 4.17. The first kappa shape index (κ1) is 11.0. The van der Waals surface area contributed by atoms with Gasteiger partial charge in [-0.1, -0.05) is 0 Å². The molecule has 0 amide bonds. The Bertz CT molecular complexity index is 511. The molecule has 3 nitrogen and oxygen atoms in total. The highest BCUT2D eigenvalue weighted by molar-refractivity contribution is 7.17. The first-order valence-corrected chi connectivity index (χ1v) is 6.95. The Morgan fingerprint density at radius 3 is 3.18 bits per heavy atom. The van der Waals surface area contributed by atoms with Crippen LogP contribution in [0, 0.1) is 0 Å². The average Bonchev–Trinajstić information content (AvgIpc) is 2.78. The van der Waals surface area contributed by atoms with E-state index in [1.807, 2.05) is 12.3 Å². The van der Waals surface area contributed by atoms with Crippen LogP contribution in [0.3, 0.4) is 0 Å². The van der Waals surface area contributed by atoms with E-state index in [-0.39, 0.29) is 12.1 Å². The van der Waals surface area contributed by atoms with Crippen LogP contribution >= 0.6 is 11.3 Å². The lowest BCUT2D eigenvalue weighted by atomic mass is 9.93. The Kier molecular flexibility index (Phi) is 2.99. The summed E-state index contributed by atoms with van der Waals surface area (Å²) in [6, 6.07) is 4.39. The minimum atomic E-state index is 0.233. The van der Waals surface area contributed by atoms with E-state index in [9.17, 15) is 0 Å². The summed E-state index contributed by atoms with van der Waals surface area (Å²) in [5, 5.41) is 3.20. The van der Waals surface area contributed by atoms with Gasteiger partial charge in [0, 0.05) is 16.9 Å². The first-order chi connectivity index (χ1) is 8.33. The van der Waals surface area contributed by atoms with Gasteiger partial charge in [0.15, 0.2) is 0 Å². The molecule has 0 radical (unpaired) electrons. The Balaban J connectivity index is 1.82. The number of aromatic nitrogens is 1. The lowest BCUT2D eigenvalue weighted by Gasteiger charge is -2.26. The second kappa shape index (κ2) is 4.63. The van der Waals surface area contributed by atoms with Crippen LogP contribution in [-0.4, -0.2) is 17.1 Å². The van der Waals surface area contributed by atoms with Crippen LogP contribution < -0.4 is 10.5 Å². The van der Waals surface area contributed by atoms with Crippen molar-refractivity contribution in [3.05, 3.63) is 23.7 Å². The van der Waals surface area contributed by atoms with Gasteiger partial charge in [0.2, 0.25) is 5.88 Å². The number of ether oxygens (including phenoxy) is 1. The van der Waals surface area contributed by atoms with Crippen molar-refractivity contribution in [1.29, 1.82) is 0 Å². The number of pyridine rings is 1. The molecule has 2 atom stereocenters. The topological polar surface area (TPSA) is 48.1 Å². The SMILES string of the molecule is NC1CCCC(Oc2nccc3sccc23)C1. The summed E-state index contributed by atoms with van der Waals surface area (Å²) in [5.74, 6) is 0.767. The number of rotatable bonds is 2. The third kappa shape index (κ3) is 2.28. The second-order valence-electron chi connectivity index (χ2n) is 4.62. The predicted octanol–water partition coefficient (Wildman–Crippen LogP) is 2.95. The van der Waals surface area contributed by atoms with Crippen molar-refractivity contribution >= 4 is 21.4 Å². The quantitative estimate of drug-likeness (QED) is 0.889. The highest BCUT2D eigenvalue weighted by Gasteiger charge is 2.21. The lowest BCUT2D eigenvalue weighted by molar-refractivity contribution is 0.141. The number of thiophene rings is 1. The Morgan fingerprint density at radius 2 is 2.29 bits per heavy atom. The third-order valence-electron chi connectivity index (χ3n) is 3.29. The van der Waals surface area contributed by atoms with Crippen molar-refractivity contribution in [3.8, 4) is 5.88 Å². The number of fused-ring (bicyclic) bond motifs is 1. The van der Waals surface area contributed by atoms with Crippen molar-refractivity contribution in [2.45, 2.75) is 37.8 Å². The summed E-state index contributed by atoms with van der Waals surface area (Å²) >= 11 is 1.72. The normalized spacial score (nSPS) is 25.0. The highest BCUT2D eigenvalue weighted by atomic mass is 32.1. The molecule has 0 aliphatic heterocycles. The molecular weight excluding hydrogens is 232 g/mol. The molecule has 2 aromatic rings. The fourth-order valence-electron chi connectivity index (χ4n) is 2.41.